The fourth-order valence-electron chi connectivity index (χ4n) is 4.26. The van der Waals surface area contributed by atoms with E-state index < -0.39 is 46.2 Å². The second-order valence-electron chi connectivity index (χ2n) is 10.4. The molecule has 3 rings (SSSR count). The highest BCUT2D eigenvalue weighted by Crippen LogP contribution is 2.33. The number of halogens is 3. The predicted octanol–water partition coefficient (Wildman–Crippen LogP) is 5.85. The number of rotatable bonds is 11. The summed E-state index contributed by atoms with van der Waals surface area (Å²) in [6.45, 7) is 8.04. The lowest BCUT2D eigenvalue weighted by atomic mass is 10.1. The normalized spacial score (nSPS) is 13.2. The molecule has 0 fully saturated rings. The third kappa shape index (κ3) is 8.12. The molecule has 226 valence electrons. The van der Waals surface area contributed by atoms with Crippen molar-refractivity contribution in [3.05, 3.63) is 95.1 Å². The van der Waals surface area contributed by atoms with Gasteiger partial charge in [-0.3, -0.25) is 13.9 Å². The summed E-state index contributed by atoms with van der Waals surface area (Å²) in [4.78, 5) is 28.1. The molecule has 11 heteroatoms. The number of aryl methyl sites for hydroxylation is 2. The SMILES string of the molecule is CC[C@@H](C)NC(=O)[C@H](C)N(Cc1cccc(C)c1)C(=O)CN(c1cccc(C(F)(F)F)c1)S(=O)(=O)c1ccc(C)cc1. The first-order valence-corrected chi connectivity index (χ1v) is 15.0. The Bertz CT molecular complexity index is 1510. The largest absolute Gasteiger partial charge is 0.416 e. The lowest BCUT2D eigenvalue weighted by molar-refractivity contribution is -0.139. The highest BCUT2D eigenvalue weighted by Gasteiger charge is 2.35. The van der Waals surface area contributed by atoms with Crippen molar-refractivity contribution in [2.24, 2.45) is 0 Å². The molecular weight excluding hydrogens is 567 g/mol. The van der Waals surface area contributed by atoms with Crippen molar-refractivity contribution >= 4 is 27.5 Å². The van der Waals surface area contributed by atoms with Crippen LogP contribution in [-0.4, -0.2) is 43.8 Å². The minimum Gasteiger partial charge on any atom is -0.352 e. The Balaban J connectivity index is 2.09. The van der Waals surface area contributed by atoms with Gasteiger partial charge < -0.3 is 10.2 Å². The van der Waals surface area contributed by atoms with Crippen LogP contribution in [0.25, 0.3) is 0 Å². The van der Waals surface area contributed by atoms with E-state index in [9.17, 15) is 31.2 Å². The van der Waals surface area contributed by atoms with Crippen molar-refractivity contribution in [3.8, 4) is 0 Å². The van der Waals surface area contributed by atoms with Gasteiger partial charge in [-0.1, -0.05) is 60.5 Å². The maximum atomic E-state index is 13.9. The first kappa shape index (κ1) is 32.7. The van der Waals surface area contributed by atoms with Gasteiger partial charge in [0.05, 0.1) is 16.1 Å². The first-order chi connectivity index (χ1) is 19.6. The maximum absolute atomic E-state index is 13.9. The van der Waals surface area contributed by atoms with E-state index in [1.54, 1.807) is 31.2 Å². The molecule has 0 aliphatic rings. The first-order valence-electron chi connectivity index (χ1n) is 13.6. The van der Waals surface area contributed by atoms with E-state index in [1.165, 1.54) is 30.0 Å². The van der Waals surface area contributed by atoms with E-state index in [4.69, 9.17) is 0 Å². The van der Waals surface area contributed by atoms with Crippen molar-refractivity contribution in [3.63, 3.8) is 0 Å². The number of carbonyl (C=O) groups excluding carboxylic acids is 2. The Morgan fingerprint density at radius 1 is 0.905 bits per heavy atom. The summed E-state index contributed by atoms with van der Waals surface area (Å²) in [6, 6.07) is 15.7. The standard InChI is InChI=1S/C31H36F3N3O4S/c1-6-23(4)35-30(39)24(5)36(19-25-10-7-9-22(3)17-25)29(38)20-37(27-12-8-11-26(18-27)31(32,33)34)42(40,41)28-15-13-21(2)14-16-28/h7-18,23-24H,6,19-20H2,1-5H3,(H,35,39)/t23-,24+/m1/s1. The summed E-state index contributed by atoms with van der Waals surface area (Å²) in [5.74, 6) is -1.19. The highest BCUT2D eigenvalue weighted by atomic mass is 32.2. The Morgan fingerprint density at radius 2 is 1.55 bits per heavy atom. The number of hydrogen-bond donors (Lipinski definition) is 1. The van der Waals surface area contributed by atoms with Crippen LogP contribution in [0.1, 0.15) is 49.4 Å². The van der Waals surface area contributed by atoms with Crippen LogP contribution in [-0.2, 0) is 32.3 Å². The molecule has 0 bridgehead atoms. The zero-order valence-corrected chi connectivity index (χ0v) is 25.1. The Labute approximate surface area is 245 Å². The van der Waals surface area contributed by atoms with E-state index in [1.807, 2.05) is 32.9 Å². The summed E-state index contributed by atoms with van der Waals surface area (Å²) in [7, 11) is -4.49. The summed E-state index contributed by atoms with van der Waals surface area (Å²) in [6.07, 6.45) is -4.08. The van der Waals surface area contributed by atoms with Gasteiger partial charge in [0.1, 0.15) is 12.6 Å². The van der Waals surface area contributed by atoms with Gasteiger partial charge >= 0.3 is 6.18 Å². The summed E-state index contributed by atoms with van der Waals surface area (Å²) >= 11 is 0. The molecule has 3 aromatic carbocycles. The van der Waals surface area contributed by atoms with Gasteiger partial charge in [0.15, 0.2) is 0 Å². The second kappa shape index (κ2) is 13.4. The summed E-state index contributed by atoms with van der Waals surface area (Å²) in [5.41, 5.74) is 1.02. The van der Waals surface area contributed by atoms with Crippen LogP contribution >= 0.6 is 0 Å². The number of sulfonamides is 1. The number of hydrogen-bond acceptors (Lipinski definition) is 4. The lowest BCUT2D eigenvalue weighted by Crippen LogP contribution is -2.52. The molecule has 0 aliphatic carbocycles. The topological polar surface area (TPSA) is 86.8 Å². The minimum atomic E-state index is -4.74. The number of nitrogens with zero attached hydrogens (tertiary/aromatic N) is 2. The van der Waals surface area contributed by atoms with Crippen LogP contribution in [0.2, 0.25) is 0 Å². The molecule has 0 heterocycles. The third-order valence-electron chi connectivity index (χ3n) is 6.95. The van der Waals surface area contributed by atoms with E-state index in [-0.39, 0.29) is 23.2 Å². The summed E-state index contributed by atoms with van der Waals surface area (Å²) in [5, 5.41) is 2.84. The van der Waals surface area contributed by atoms with Crippen molar-refractivity contribution < 1.29 is 31.2 Å². The van der Waals surface area contributed by atoms with Crippen LogP contribution in [0.15, 0.2) is 77.7 Å². The fraction of sp³-hybridized carbons (Fsp3) is 0.355. The molecule has 1 N–H and O–H groups in total. The molecule has 0 spiro atoms. The highest BCUT2D eigenvalue weighted by molar-refractivity contribution is 7.92. The molecule has 7 nitrogen and oxygen atoms in total. The zero-order chi connectivity index (χ0) is 31.2. The molecule has 0 aliphatic heterocycles. The van der Waals surface area contributed by atoms with Gasteiger partial charge in [-0.2, -0.15) is 13.2 Å². The van der Waals surface area contributed by atoms with Crippen LogP contribution in [0.5, 0.6) is 0 Å². The molecule has 0 saturated carbocycles. The molecule has 0 unspecified atom stereocenters. The van der Waals surface area contributed by atoms with Crippen molar-refractivity contribution in [2.75, 3.05) is 10.8 Å². The van der Waals surface area contributed by atoms with Gasteiger partial charge in [0.25, 0.3) is 10.0 Å². The molecule has 0 saturated heterocycles. The molecule has 2 amide bonds. The van der Waals surface area contributed by atoms with Crippen LogP contribution in [0, 0.1) is 13.8 Å². The van der Waals surface area contributed by atoms with Crippen LogP contribution in [0.3, 0.4) is 0 Å². The van der Waals surface area contributed by atoms with Gasteiger partial charge in [-0.15, -0.1) is 0 Å². The molecule has 2 atom stereocenters. The predicted molar refractivity (Wildman–Crippen MR) is 156 cm³/mol. The quantitative estimate of drug-likeness (QED) is 0.298. The van der Waals surface area contributed by atoms with Crippen molar-refractivity contribution in [2.45, 2.75) is 70.7 Å². The average molecular weight is 604 g/mol. The van der Waals surface area contributed by atoms with E-state index in [0.29, 0.717) is 22.4 Å². The summed E-state index contributed by atoms with van der Waals surface area (Å²) < 4.78 is 69.2. The zero-order valence-electron chi connectivity index (χ0n) is 24.3. The van der Waals surface area contributed by atoms with Crippen molar-refractivity contribution in [1.29, 1.82) is 0 Å². The van der Waals surface area contributed by atoms with Gasteiger partial charge in [-0.25, -0.2) is 8.42 Å². The van der Waals surface area contributed by atoms with Crippen LogP contribution < -0.4 is 9.62 Å². The van der Waals surface area contributed by atoms with Gasteiger partial charge in [0, 0.05) is 12.6 Å². The Kier molecular flexibility index (Phi) is 10.4. The molecule has 42 heavy (non-hydrogen) atoms. The van der Waals surface area contributed by atoms with E-state index >= 15 is 0 Å². The average Bonchev–Trinajstić information content (AvgIpc) is 2.93. The monoisotopic (exact) mass is 603 g/mol. The molecule has 0 radical (unpaired) electrons. The number of carbonyl (C=O) groups is 2. The minimum absolute atomic E-state index is 0.0172. The smallest absolute Gasteiger partial charge is 0.352 e. The molecule has 3 aromatic rings. The Hall–Kier alpha value is -3.86. The maximum Gasteiger partial charge on any atom is 0.416 e. The van der Waals surface area contributed by atoms with E-state index in [0.717, 1.165) is 23.3 Å². The fourth-order valence-corrected chi connectivity index (χ4v) is 5.66. The number of alkyl halides is 3. The van der Waals surface area contributed by atoms with Crippen molar-refractivity contribution in [1.82, 2.24) is 10.2 Å². The number of benzene rings is 3. The van der Waals surface area contributed by atoms with E-state index in [2.05, 4.69) is 5.32 Å². The number of nitrogens with one attached hydrogen (secondary N) is 1. The number of anilines is 1. The lowest BCUT2D eigenvalue weighted by Gasteiger charge is -2.32. The van der Waals surface area contributed by atoms with Gasteiger partial charge in [-0.05, 0) is 70.0 Å². The number of amides is 2. The Morgan fingerprint density at radius 3 is 2.14 bits per heavy atom. The molecular formula is C31H36F3N3O4S. The van der Waals surface area contributed by atoms with Gasteiger partial charge in [0.2, 0.25) is 11.8 Å². The third-order valence-corrected chi connectivity index (χ3v) is 8.74. The van der Waals surface area contributed by atoms with Crippen LogP contribution in [0.4, 0.5) is 18.9 Å². The molecule has 0 aromatic heterocycles. The second-order valence-corrected chi connectivity index (χ2v) is 12.2.